The highest BCUT2D eigenvalue weighted by Crippen LogP contribution is 2.24. The molecule has 1 aliphatic rings. The molecule has 2 aromatic carbocycles. The molecule has 6 heteroatoms. The Balaban J connectivity index is 1.72. The van der Waals surface area contributed by atoms with E-state index in [2.05, 4.69) is 9.62 Å². The van der Waals surface area contributed by atoms with Crippen LogP contribution in [0.3, 0.4) is 0 Å². The van der Waals surface area contributed by atoms with Gasteiger partial charge in [-0.1, -0.05) is 12.1 Å². The Bertz CT molecular complexity index is 860. The molecule has 26 heavy (non-hydrogen) atoms. The lowest BCUT2D eigenvalue weighted by Crippen LogP contribution is -2.29. The van der Waals surface area contributed by atoms with Gasteiger partial charge in [-0.05, 0) is 74.6 Å². The third-order valence-corrected chi connectivity index (χ3v) is 6.42. The molecule has 0 aliphatic carbocycles. The Hall–Kier alpha value is -1.92. The molecule has 3 rings (SSSR count). The average Bonchev–Trinajstić information content (AvgIpc) is 2.64. The highest BCUT2D eigenvalue weighted by molar-refractivity contribution is 7.89. The van der Waals surface area contributed by atoms with Gasteiger partial charge in [0.05, 0.1) is 4.90 Å². The minimum atomic E-state index is -3.70. The van der Waals surface area contributed by atoms with E-state index in [0.717, 1.165) is 18.7 Å². The minimum absolute atomic E-state index is 0.0770. The van der Waals surface area contributed by atoms with Crippen LogP contribution >= 0.6 is 0 Å². The number of nitrogens with one attached hydrogen (secondary N) is 1. The molecule has 1 fully saturated rings. The van der Waals surface area contributed by atoms with Crippen molar-refractivity contribution >= 4 is 15.7 Å². The lowest BCUT2D eigenvalue weighted by Gasteiger charge is -2.29. The topological polar surface area (TPSA) is 49.4 Å². The van der Waals surface area contributed by atoms with Gasteiger partial charge < -0.3 is 4.90 Å². The molecule has 0 unspecified atom stereocenters. The summed E-state index contributed by atoms with van der Waals surface area (Å²) in [5.74, 6) is -0.412. The highest BCUT2D eigenvalue weighted by atomic mass is 32.2. The largest absolute Gasteiger partial charge is 0.372 e. The molecule has 1 N–H and O–H groups in total. The van der Waals surface area contributed by atoms with Gasteiger partial charge in [0.2, 0.25) is 10.0 Å². The van der Waals surface area contributed by atoms with E-state index >= 15 is 0 Å². The molecule has 1 saturated heterocycles. The first-order valence-corrected chi connectivity index (χ1v) is 10.5. The second-order valence-corrected chi connectivity index (χ2v) is 8.61. The van der Waals surface area contributed by atoms with Gasteiger partial charge in [0.25, 0.3) is 0 Å². The van der Waals surface area contributed by atoms with Crippen LogP contribution in [0.5, 0.6) is 0 Å². The number of aryl methyl sites for hydroxylation is 1. The monoisotopic (exact) mass is 376 g/mol. The molecule has 1 heterocycles. The van der Waals surface area contributed by atoms with Crippen molar-refractivity contribution in [3.8, 4) is 0 Å². The first kappa shape index (κ1) is 18.9. The number of halogens is 1. The zero-order chi connectivity index (χ0) is 18.7. The predicted octanol–water partition coefficient (Wildman–Crippen LogP) is 4.16. The van der Waals surface area contributed by atoms with Gasteiger partial charge >= 0.3 is 0 Å². The van der Waals surface area contributed by atoms with E-state index in [0.29, 0.717) is 5.56 Å². The summed E-state index contributed by atoms with van der Waals surface area (Å²) in [5.41, 5.74) is 2.39. The number of nitrogens with zero attached hydrogens (tertiary/aromatic N) is 1. The Morgan fingerprint density at radius 2 is 1.69 bits per heavy atom. The lowest BCUT2D eigenvalue weighted by molar-refractivity contribution is 0.565. The quantitative estimate of drug-likeness (QED) is 0.852. The minimum Gasteiger partial charge on any atom is -0.372 e. The van der Waals surface area contributed by atoms with Crippen LogP contribution in [-0.4, -0.2) is 21.5 Å². The van der Waals surface area contributed by atoms with Gasteiger partial charge in [-0.3, -0.25) is 0 Å². The molecule has 1 aliphatic heterocycles. The Morgan fingerprint density at radius 3 is 2.31 bits per heavy atom. The predicted molar refractivity (Wildman–Crippen MR) is 102 cm³/mol. The van der Waals surface area contributed by atoms with Crippen LogP contribution in [0.15, 0.2) is 47.4 Å². The van der Waals surface area contributed by atoms with E-state index in [9.17, 15) is 12.8 Å². The Morgan fingerprint density at radius 1 is 1.04 bits per heavy atom. The van der Waals surface area contributed by atoms with Crippen LogP contribution in [0.2, 0.25) is 0 Å². The fourth-order valence-electron chi connectivity index (χ4n) is 3.28. The number of sulfonamides is 1. The summed E-state index contributed by atoms with van der Waals surface area (Å²) in [6, 6.07) is 11.5. The number of hydrogen-bond donors (Lipinski definition) is 1. The second-order valence-electron chi connectivity index (χ2n) is 6.89. The van der Waals surface area contributed by atoms with Crippen molar-refractivity contribution in [3.05, 3.63) is 59.4 Å². The fourth-order valence-corrected chi connectivity index (χ4v) is 4.60. The van der Waals surface area contributed by atoms with Crippen molar-refractivity contribution in [1.29, 1.82) is 0 Å². The second kappa shape index (κ2) is 7.76. The maximum absolute atomic E-state index is 13.4. The standard InChI is InChI=1S/C20H25FN2O2S/c1-15-14-19(10-11-20(15)21)26(24,25)22-16(2)17-6-8-18(9-7-17)23-12-4-3-5-13-23/h6-11,14,16,22H,3-5,12-13H2,1-2H3/t16-/m0/s1. The van der Waals surface area contributed by atoms with E-state index in [1.54, 1.807) is 6.92 Å². The van der Waals surface area contributed by atoms with E-state index < -0.39 is 15.8 Å². The Labute approximate surface area is 155 Å². The van der Waals surface area contributed by atoms with Crippen LogP contribution in [0.25, 0.3) is 0 Å². The first-order valence-electron chi connectivity index (χ1n) is 9.00. The van der Waals surface area contributed by atoms with Gasteiger partial charge in [0.1, 0.15) is 5.82 Å². The zero-order valence-corrected chi connectivity index (χ0v) is 16.0. The normalized spacial score (nSPS) is 16.5. The van der Waals surface area contributed by atoms with E-state index in [1.807, 2.05) is 31.2 Å². The third-order valence-electron chi connectivity index (χ3n) is 4.89. The number of hydrogen-bond acceptors (Lipinski definition) is 3. The molecule has 0 amide bonds. The van der Waals surface area contributed by atoms with Gasteiger partial charge in [-0.2, -0.15) is 0 Å². The number of piperidine rings is 1. The molecule has 0 aromatic heterocycles. The highest BCUT2D eigenvalue weighted by Gasteiger charge is 2.19. The van der Waals surface area contributed by atoms with Gasteiger partial charge in [-0.25, -0.2) is 17.5 Å². The van der Waals surface area contributed by atoms with Gasteiger partial charge in [0.15, 0.2) is 0 Å². The summed E-state index contributed by atoms with van der Waals surface area (Å²) in [4.78, 5) is 2.44. The molecular weight excluding hydrogens is 351 g/mol. The summed E-state index contributed by atoms with van der Waals surface area (Å²) in [7, 11) is -3.70. The third kappa shape index (κ3) is 4.24. The summed E-state index contributed by atoms with van der Waals surface area (Å²) in [6.45, 7) is 5.51. The van der Waals surface area contributed by atoms with Gasteiger partial charge in [-0.15, -0.1) is 0 Å². The van der Waals surface area contributed by atoms with Crippen molar-refractivity contribution in [2.45, 2.75) is 44.0 Å². The summed E-state index contributed by atoms with van der Waals surface area (Å²) < 4.78 is 41.2. The number of anilines is 1. The number of rotatable bonds is 5. The van der Waals surface area contributed by atoms with Crippen molar-refractivity contribution in [1.82, 2.24) is 4.72 Å². The van der Waals surface area contributed by atoms with Crippen LogP contribution in [0, 0.1) is 12.7 Å². The lowest BCUT2D eigenvalue weighted by atomic mass is 10.1. The fraction of sp³-hybridized carbons (Fsp3) is 0.400. The molecule has 0 bridgehead atoms. The van der Waals surface area contributed by atoms with Crippen LogP contribution < -0.4 is 9.62 Å². The molecule has 2 aromatic rings. The molecule has 0 saturated carbocycles. The maximum Gasteiger partial charge on any atom is 0.241 e. The molecule has 140 valence electrons. The zero-order valence-electron chi connectivity index (χ0n) is 15.2. The van der Waals surface area contributed by atoms with Crippen LogP contribution in [0.4, 0.5) is 10.1 Å². The smallest absolute Gasteiger partial charge is 0.241 e. The molecular formula is C20H25FN2O2S. The van der Waals surface area contributed by atoms with Crippen LogP contribution in [0.1, 0.15) is 43.4 Å². The van der Waals surface area contributed by atoms with Crippen LogP contribution in [-0.2, 0) is 10.0 Å². The summed E-state index contributed by atoms with van der Waals surface area (Å²) in [6.07, 6.45) is 3.72. The van der Waals surface area contributed by atoms with E-state index in [1.165, 1.54) is 43.1 Å². The first-order chi connectivity index (χ1) is 12.4. The number of benzene rings is 2. The molecule has 1 atom stereocenters. The molecule has 4 nitrogen and oxygen atoms in total. The average molecular weight is 376 g/mol. The van der Waals surface area contributed by atoms with Crippen molar-refractivity contribution in [2.75, 3.05) is 18.0 Å². The summed E-state index contributed by atoms with van der Waals surface area (Å²) >= 11 is 0. The van der Waals surface area contributed by atoms with Crippen molar-refractivity contribution in [2.24, 2.45) is 0 Å². The SMILES string of the molecule is Cc1cc(S(=O)(=O)N[C@@H](C)c2ccc(N3CCCCC3)cc2)ccc1F. The van der Waals surface area contributed by atoms with Crippen molar-refractivity contribution < 1.29 is 12.8 Å². The summed E-state index contributed by atoms with van der Waals surface area (Å²) in [5, 5.41) is 0. The van der Waals surface area contributed by atoms with Crippen molar-refractivity contribution in [3.63, 3.8) is 0 Å². The van der Waals surface area contributed by atoms with E-state index in [4.69, 9.17) is 0 Å². The van der Waals surface area contributed by atoms with Gasteiger partial charge in [0, 0.05) is 24.8 Å². The maximum atomic E-state index is 13.4. The van der Waals surface area contributed by atoms with E-state index in [-0.39, 0.29) is 10.9 Å². The molecule has 0 spiro atoms. The Kier molecular flexibility index (Phi) is 5.63. The molecule has 0 radical (unpaired) electrons.